The first kappa shape index (κ1) is 10.0. The summed E-state index contributed by atoms with van der Waals surface area (Å²) < 4.78 is 35.8. The Hall–Kier alpha value is -1.06. The quantitative estimate of drug-likeness (QED) is 0.612. The summed E-state index contributed by atoms with van der Waals surface area (Å²) in [6, 6.07) is 0. The van der Waals surface area contributed by atoms with Gasteiger partial charge in [0.25, 0.3) is 0 Å². The van der Waals surface area contributed by atoms with Gasteiger partial charge in [0.05, 0.1) is 6.42 Å². The second kappa shape index (κ2) is 3.77. The maximum atomic E-state index is 11.9. The van der Waals surface area contributed by atoms with Gasteiger partial charge >= 0.3 is 6.18 Å². The van der Waals surface area contributed by atoms with Gasteiger partial charge in [-0.1, -0.05) is 17.7 Å². The molecule has 0 aromatic carbocycles. The summed E-state index contributed by atoms with van der Waals surface area (Å²) in [6.45, 7) is 0. The largest absolute Gasteiger partial charge is 0.392 e. The molecular formula is C9H9F3O. The van der Waals surface area contributed by atoms with Gasteiger partial charge < -0.3 is 0 Å². The normalized spacial score (nSPS) is 17.8. The summed E-state index contributed by atoms with van der Waals surface area (Å²) in [7, 11) is 0. The zero-order chi connectivity index (χ0) is 9.90. The number of halogens is 3. The molecule has 0 spiro atoms. The average molecular weight is 190 g/mol. The number of carbonyl (C=O) groups excluding carboxylic acids is 1. The molecule has 0 bridgehead atoms. The zero-order valence-electron chi connectivity index (χ0n) is 6.90. The van der Waals surface area contributed by atoms with Gasteiger partial charge in [-0.15, -0.1) is 0 Å². The summed E-state index contributed by atoms with van der Waals surface area (Å²) in [6.07, 6.45) is -0.603. The van der Waals surface area contributed by atoms with Crippen molar-refractivity contribution in [1.82, 2.24) is 0 Å². The van der Waals surface area contributed by atoms with Crippen LogP contribution in [0.1, 0.15) is 19.3 Å². The van der Waals surface area contributed by atoms with Crippen molar-refractivity contribution in [2.45, 2.75) is 25.4 Å². The second-order valence-corrected chi connectivity index (χ2v) is 2.96. The van der Waals surface area contributed by atoms with Crippen LogP contribution in [0.5, 0.6) is 0 Å². The molecule has 1 nitrogen and oxygen atoms in total. The Kier molecular flexibility index (Phi) is 2.90. The first-order chi connectivity index (χ1) is 6.01. The maximum absolute atomic E-state index is 11.9. The molecule has 0 saturated heterocycles. The molecule has 0 aromatic rings. The number of hydrogen-bond donors (Lipinski definition) is 0. The fourth-order valence-corrected chi connectivity index (χ4v) is 1.27. The SMILES string of the molecule is O=CC1=CCCC(CC(F)(F)F)=C1. The van der Waals surface area contributed by atoms with Crippen LogP contribution in [0, 0.1) is 0 Å². The molecule has 0 amide bonds. The Morgan fingerprint density at radius 2 is 2.15 bits per heavy atom. The number of carbonyl (C=O) groups is 1. The second-order valence-electron chi connectivity index (χ2n) is 2.96. The number of hydrogen-bond acceptors (Lipinski definition) is 1. The number of rotatable bonds is 2. The third kappa shape index (κ3) is 3.44. The number of aldehydes is 1. The summed E-state index contributed by atoms with van der Waals surface area (Å²) in [4.78, 5) is 10.3. The average Bonchev–Trinajstić information content (AvgIpc) is 2.01. The van der Waals surface area contributed by atoms with Crippen LogP contribution >= 0.6 is 0 Å². The summed E-state index contributed by atoms with van der Waals surface area (Å²) in [5.41, 5.74) is 0.641. The Bertz CT molecular complexity index is 261. The highest BCUT2D eigenvalue weighted by Crippen LogP contribution is 2.29. The van der Waals surface area contributed by atoms with Crippen LogP contribution in [0.25, 0.3) is 0 Å². The fraction of sp³-hybridized carbons (Fsp3) is 0.444. The van der Waals surface area contributed by atoms with Crippen molar-refractivity contribution in [3.63, 3.8) is 0 Å². The highest BCUT2D eigenvalue weighted by Gasteiger charge is 2.28. The molecule has 1 rings (SSSR count). The molecule has 0 aromatic heterocycles. The van der Waals surface area contributed by atoms with E-state index in [1.54, 1.807) is 6.08 Å². The summed E-state index contributed by atoms with van der Waals surface area (Å²) in [5.74, 6) is 0. The van der Waals surface area contributed by atoms with Gasteiger partial charge in [-0.05, 0) is 12.8 Å². The highest BCUT2D eigenvalue weighted by molar-refractivity contribution is 5.78. The van der Waals surface area contributed by atoms with Gasteiger partial charge in [0.2, 0.25) is 0 Å². The smallest absolute Gasteiger partial charge is 0.298 e. The molecule has 1 aliphatic carbocycles. The minimum absolute atomic E-state index is 0.289. The van der Waals surface area contributed by atoms with E-state index in [4.69, 9.17) is 0 Å². The zero-order valence-corrected chi connectivity index (χ0v) is 6.90. The molecule has 0 N–H and O–H groups in total. The topological polar surface area (TPSA) is 17.1 Å². The molecule has 0 aliphatic heterocycles. The standard InChI is InChI=1S/C9H9F3O/c10-9(11,12)5-7-2-1-3-8(4-7)6-13/h3-4,6H,1-2,5H2. The molecule has 0 atom stereocenters. The highest BCUT2D eigenvalue weighted by atomic mass is 19.4. The molecule has 0 heterocycles. The van der Waals surface area contributed by atoms with E-state index in [1.165, 1.54) is 6.08 Å². The van der Waals surface area contributed by atoms with E-state index in [0.29, 0.717) is 24.7 Å². The molecule has 4 heteroatoms. The van der Waals surface area contributed by atoms with Gasteiger partial charge in [0, 0.05) is 5.57 Å². The molecule has 0 radical (unpaired) electrons. The minimum atomic E-state index is -4.17. The van der Waals surface area contributed by atoms with Gasteiger partial charge in [0.1, 0.15) is 6.29 Å². The van der Waals surface area contributed by atoms with Crippen LogP contribution in [0.15, 0.2) is 23.3 Å². The third-order valence-electron chi connectivity index (χ3n) is 1.78. The monoisotopic (exact) mass is 190 g/mol. The van der Waals surface area contributed by atoms with E-state index in [9.17, 15) is 18.0 Å². The van der Waals surface area contributed by atoms with E-state index >= 15 is 0 Å². The van der Waals surface area contributed by atoms with Gasteiger partial charge in [-0.25, -0.2) is 0 Å². The van der Waals surface area contributed by atoms with Crippen molar-refractivity contribution in [2.24, 2.45) is 0 Å². The van der Waals surface area contributed by atoms with Crippen LogP contribution in [-0.2, 0) is 4.79 Å². The lowest BCUT2D eigenvalue weighted by molar-refractivity contribution is -0.127. The molecule has 0 saturated carbocycles. The number of alkyl halides is 3. The van der Waals surface area contributed by atoms with Gasteiger partial charge in [-0.3, -0.25) is 4.79 Å². The van der Waals surface area contributed by atoms with E-state index in [-0.39, 0.29) is 5.57 Å². The van der Waals surface area contributed by atoms with Crippen LogP contribution in [0.2, 0.25) is 0 Å². The fourth-order valence-electron chi connectivity index (χ4n) is 1.27. The van der Waals surface area contributed by atoms with Crippen LogP contribution < -0.4 is 0 Å². The molecular weight excluding hydrogens is 181 g/mol. The lowest BCUT2D eigenvalue weighted by Crippen LogP contribution is -2.09. The van der Waals surface area contributed by atoms with Crippen molar-refractivity contribution in [3.8, 4) is 0 Å². The first-order valence-electron chi connectivity index (χ1n) is 3.93. The predicted octanol–water partition coefficient (Wildman–Crippen LogP) is 2.78. The minimum Gasteiger partial charge on any atom is -0.298 e. The van der Waals surface area contributed by atoms with Gasteiger partial charge in [-0.2, -0.15) is 13.2 Å². The van der Waals surface area contributed by atoms with Crippen molar-refractivity contribution in [2.75, 3.05) is 0 Å². The van der Waals surface area contributed by atoms with E-state index < -0.39 is 12.6 Å². The van der Waals surface area contributed by atoms with Crippen LogP contribution in [0.4, 0.5) is 13.2 Å². The number of allylic oxidation sites excluding steroid dienone is 4. The Morgan fingerprint density at radius 1 is 1.46 bits per heavy atom. The van der Waals surface area contributed by atoms with E-state index in [0.717, 1.165) is 0 Å². The molecule has 72 valence electrons. The first-order valence-corrected chi connectivity index (χ1v) is 3.93. The Balaban J connectivity index is 2.66. The van der Waals surface area contributed by atoms with Crippen molar-refractivity contribution >= 4 is 6.29 Å². The third-order valence-corrected chi connectivity index (χ3v) is 1.78. The summed E-state index contributed by atoms with van der Waals surface area (Å²) in [5, 5.41) is 0. The lowest BCUT2D eigenvalue weighted by Gasteiger charge is -2.12. The van der Waals surface area contributed by atoms with Crippen molar-refractivity contribution < 1.29 is 18.0 Å². The molecule has 13 heavy (non-hydrogen) atoms. The van der Waals surface area contributed by atoms with E-state index in [2.05, 4.69) is 0 Å². The maximum Gasteiger partial charge on any atom is 0.392 e. The lowest BCUT2D eigenvalue weighted by atomic mass is 9.98. The van der Waals surface area contributed by atoms with Crippen molar-refractivity contribution in [3.05, 3.63) is 23.3 Å². The predicted molar refractivity (Wildman–Crippen MR) is 42.1 cm³/mol. The summed E-state index contributed by atoms with van der Waals surface area (Å²) >= 11 is 0. The molecule has 0 fully saturated rings. The Morgan fingerprint density at radius 3 is 2.69 bits per heavy atom. The van der Waals surface area contributed by atoms with Gasteiger partial charge in [0.15, 0.2) is 0 Å². The molecule has 1 aliphatic rings. The van der Waals surface area contributed by atoms with E-state index in [1.807, 2.05) is 0 Å². The Labute approximate surface area is 73.9 Å². The van der Waals surface area contributed by atoms with Crippen molar-refractivity contribution in [1.29, 1.82) is 0 Å². The molecule has 0 unspecified atom stereocenters. The van der Waals surface area contributed by atoms with Crippen LogP contribution in [0.3, 0.4) is 0 Å². The van der Waals surface area contributed by atoms with Crippen LogP contribution in [-0.4, -0.2) is 12.5 Å².